The first-order valence-electron chi connectivity index (χ1n) is 41.7. The number of fused-ring (bicyclic) bond motifs is 26. The highest BCUT2D eigenvalue weighted by atomic mass is 32.1. The third-order valence-electron chi connectivity index (χ3n) is 26.0. The van der Waals surface area contributed by atoms with E-state index in [-0.39, 0.29) is 0 Å². The molecule has 27 aromatic rings. The average molecular weight is 1600 g/mol. The minimum absolute atomic E-state index is 0.903. The van der Waals surface area contributed by atoms with Crippen molar-refractivity contribution < 1.29 is 4.42 Å². The zero-order valence-electron chi connectivity index (χ0n) is 65.5. The van der Waals surface area contributed by atoms with Gasteiger partial charge in [0.1, 0.15) is 11.2 Å². The van der Waals surface area contributed by atoms with E-state index in [1.165, 1.54) is 181 Å². The van der Waals surface area contributed by atoms with Gasteiger partial charge in [0.15, 0.2) is 0 Å². The Bertz CT molecular complexity index is 9120. The highest BCUT2D eigenvalue weighted by molar-refractivity contribution is 7.27. The predicted octanol–water partition coefficient (Wildman–Crippen LogP) is 33.1. The molecule has 27 rings (SSSR count). The molecular formula is C114H66N4OS3. The fourth-order valence-electron chi connectivity index (χ4n) is 20.5. The van der Waals surface area contributed by atoms with E-state index in [0.29, 0.717) is 0 Å². The van der Waals surface area contributed by atoms with Gasteiger partial charge >= 0.3 is 0 Å². The van der Waals surface area contributed by atoms with Crippen LogP contribution < -0.4 is 0 Å². The normalized spacial score (nSPS) is 12.3. The van der Waals surface area contributed by atoms with E-state index < -0.39 is 0 Å². The van der Waals surface area contributed by atoms with Crippen LogP contribution >= 0.6 is 34.0 Å². The number of nitrogens with zero attached hydrogens (tertiary/aromatic N) is 4. The number of para-hydroxylation sites is 5. The molecule has 0 radical (unpaired) electrons. The molecule has 0 spiro atoms. The number of furan rings is 1. The van der Waals surface area contributed by atoms with Crippen LogP contribution in [-0.2, 0) is 0 Å². The first-order valence-corrected chi connectivity index (χ1v) is 44.1. The molecule has 0 saturated heterocycles. The van der Waals surface area contributed by atoms with Crippen molar-refractivity contribution in [3.63, 3.8) is 0 Å². The monoisotopic (exact) mass is 1600 g/mol. The summed E-state index contributed by atoms with van der Waals surface area (Å²) in [6, 6.07) is 149. The van der Waals surface area contributed by atoms with Gasteiger partial charge in [0.05, 0.1) is 44.1 Å². The summed E-state index contributed by atoms with van der Waals surface area (Å²) in [7, 11) is 0. The molecule has 0 aliphatic carbocycles. The van der Waals surface area contributed by atoms with Gasteiger partial charge in [0.25, 0.3) is 0 Å². The molecule has 8 heteroatoms. The maximum atomic E-state index is 6.70. The van der Waals surface area contributed by atoms with Crippen molar-refractivity contribution in [1.29, 1.82) is 0 Å². The van der Waals surface area contributed by atoms with Crippen LogP contribution in [0.2, 0.25) is 0 Å². The highest BCUT2D eigenvalue weighted by Crippen LogP contribution is 2.52. The van der Waals surface area contributed by atoms with Gasteiger partial charge < -0.3 is 22.7 Å². The number of thiophene rings is 3. The van der Waals surface area contributed by atoms with Crippen molar-refractivity contribution in [3.05, 3.63) is 400 Å². The first kappa shape index (κ1) is 67.8. The summed E-state index contributed by atoms with van der Waals surface area (Å²) < 4.78 is 24.3. The van der Waals surface area contributed by atoms with Crippen molar-refractivity contribution in [2.24, 2.45) is 0 Å². The second-order valence-corrected chi connectivity index (χ2v) is 35.6. The summed E-state index contributed by atoms with van der Waals surface area (Å²) in [5.41, 5.74) is 30.0. The summed E-state index contributed by atoms with van der Waals surface area (Å²) in [4.78, 5) is 0. The topological polar surface area (TPSA) is 32.9 Å². The minimum Gasteiger partial charge on any atom is -0.455 e. The van der Waals surface area contributed by atoms with Gasteiger partial charge in [-0.05, 0) is 172 Å². The van der Waals surface area contributed by atoms with E-state index in [1.54, 1.807) is 0 Å². The van der Waals surface area contributed by atoms with E-state index in [4.69, 9.17) is 4.42 Å². The largest absolute Gasteiger partial charge is 0.455 e. The molecule has 0 aliphatic rings. The van der Waals surface area contributed by atoms with E-state index >= 15 is 0 Å². The second-order valence-electron chi connectivity index (χ2n) is 32.4. The van der Waals surface area contributed by atoms with E-state index in [9.17, 15) is 0 Å². The molecule has 5 nitrogen and oxygen atoms in total. The number of hydrogen-bond donors (Lipinski definition) is 0. The Hall–Kier alpha value is -15.2. The lowest BCUT2D eigenvalue weighted by atomic mass is 9.94. The van der Waals surface area contributed by atoms with Crippen LogP contribution in [0.3, 0.4) is 0 Å². The van der Waals surface area contributed by atoms with E-state index in [1.807, 2.05) is 34.0 Å². The maximum absolute atomic E-state index is 6.70. The lowest BCUT2D eigenvalue weighted by molar-refractivity contribution is 0.670. The molecular weight excluding hydrogens is 1540 g/mol. The Morgan fingerprint density at radius 1 is 0.180 bits per heavy atom. The van der Waals surface area contributed by atoms with Crippen molar-refractivity contribution in [2.45, 2.75) is 0 Å². The third-order valence-corrected chi connectivity index (χ3v) is 29.6. The Morgan fingerprint density at radius 2 is 0.566 bits per heavy atom. The predicted molar refractivity (Wildman–Crippen MR) is 522 cm³/mol. The molecule has 0 aliphatic heterocycles. The van der Waals surface area contributed by atoms with Crippen molar-refractivity contribution >= 4 is 204 Å². The van der Waals surface area contributed by atoms with Crippen molar-refractivity contribution in [2.75, 3.05) is 0 Å². The van der Waals surface area contributed by atoms with Gasteiger partial charge in [-0.2, -0.15) is 0 Å². The lowest BCUT2D eigenvalue weighted by Gasteiger charge is -2.12. The molecule has 0 amide bonds. The smallest absolute Gasteiger partial charge is 0.143 e. The molecule has 0 N–H and O–H groups in total. The van der Waals surface area contributed by atoms with Crippen LogP contribution in [0.25, 0.3) is 259 Å². The maximum Gasteiger partial charge on any atom is 0.143 e. The zero-order chi connectivity index (χ0) is 79.5. The molecule has 0 bridgehead atoms. The quantitative estimate of drug-likeness (QED) is 0.134. The van der Waals surface area contributed by atoms with E-state index in [2.05, 4.69) is 419 Å². The Balaban J connectivity index is 0.592. The van der Waals surface area contributed by atoms with Crippen molar-refractivity contribution in [1.82, 2.24) is 18.3 Å². The standard InChI is InChI=1S/C114H66N4OS3/c1-3-20-67(21-4-1)69-44-49-75(50-45-69)115-98-36-13-8-27-90(98)107-101(115)58-55-82-79-24-7-12-35-97(79)117(109(82)107)77-53-60-106-94(65-77)88-33-19-34-89(113(88)122-106)96-64-74(63-95-81-26-11-16-39-104(81)120-114(95)96)72-42-40-71(41-43-72)73-48-57-100-92(62-73)83-56-59-102-108(91-28-9-14-37-99(91)116(102)76-51-46-70(47-52-76)68-22-5-2-6-23-68)110(83)118(100)78-54-61-105-93(66-78)87-32-18-31-86(112(87)121-105)85-30-17-29-84-80-25-10-15-38-103(80)119-111(84)85/h1-66H. The van der Waals surface area contributed by atoms with Crippen LogP contribution in [0.4, 0.5) is 0 Å². The molecule has 0 atom stereocenters. The fraction of sp³-hybridized carbons (Fsp3) is 0. The van der Waals surface area contributed by atoms with Crippen LogP contribution in [-0.4, -0.2) is 18.3 Å². The van der Waals surface area contributed by atoms with Gasteiger partial charge in [0.2, 0.25) is 0 Å². The molecule has 122 heavy (non-hydrogen) atoms. The van der Waals surface area contributed by atoms with Crippen LogP contribution in [0.1, 0.15) is 0 Å². The van der Waals surface area contributed by atoms with Gasteiger partial charge in [-0.25, -0.2) is 0 Å². The molecule has 566 valence electrons. The molecule has 0 fully saturated rings. The highest BCUT2D eigenvalue weighted by Gasteiger charge is 2.27. The average Bonchev–Trinajstić information content (AvgIpc) is 1.54. The van der Waals surface area contributed by atoms with Crippen LogP contribution in [0, 0.1) is 0 Å². The molecule has 0 unspecified atom stereocenters. The summed E-state index contributed by atoms with van der Waals surface area (Å²) in [6.45, 7) is 0. The van der Waals surface area contributed by atoms with Gasteiger partial charge in [-0.3, -0.25) is 0 Å². The minimum atomic E-state index is 0.903. The van der Waals surface area contributed by atoms with Crippen LogP contribution in [0.15, 0.2) is 405 Å². The summed E-state index contributed by atoms with van der Waals surface area (Å²) >= 11 is 5.67. The van der Waals surface area contributed by atoms with Crippen LogP contribution in [0.5, 0.6) is 0 Å². The number of hydrogen-bond acceptors (Lipinski definition) is 4. The number of rotatable bonds is 10. The second kappa shape index (κ2) is 26.2. The number of benzene rings is 19. The Morgan fingerprint density at radius 3 is 1.15 bits per heavy atom. The summed E-state index contributed by atoms with van der Waals surface area (Å²) in [5.74, 6) is 0. The SMILES string of the molecule is c1ccc(-c2ccc(-n3c4ccccc4c4c3ccc3c5ccccc5n(-c5ccc6sc7c(-c8cc(-c9ccc(-c%10ccc%11c(c%10)c%10ccc%12c(c%13ccccc%13n%12-c%12ccc(-c%13ccccc%13)cc%12)c%10n%11-c%10ccc%11sc%12c(-c%13cccc%14c%13oc%13ccccc%13%14)cccc%12c%11c%10)cc9)cc9c8sc8ccccc89)cccc7c6c5)c34)cc2)cc1. The fourth-order valence-corrected chi connectivity index (χ4v) is 24.1. The lowest BCUT2D eigenvalue weighted by Crippen LogP contribution is -1.95. The molecule has 8 heterocycles. The van der Waals surface area contributed by atoms with E-state index in [0.717, 1.165) is 77.9 Å². The molecule has 8 aromatic heterocycles. The molecule has 0 saturated carbocycles. The summed E-state index contributed by atoms with van der Waals surface area (Å²) in [6.07, 6.45) is 0. The number of aromatic nitrogens is 4. The van der Waals surface area contributed by atoms with Crippen molar-refractivity contribution in [3.8, 4) is 89.5 Å². The van der Waals surface area contributed by atoms with Gasteiger partial charge in [-0.15, -0.1) is 34.0 Å². The Labute approximate surface area is 710 Å². The van der Waals surface area contributed by atoms with Gasteiger partial charge in [-0.1, -0.05) is 273 Å². The molecule has 19 aromatic carbocycles. The first-order chi connectivity index (χ1) is 60.5. The third kappa shape index (κ3) is 9.96. The summed E-state index contributed by atoms with van der Waals surface area (Å²) in [5, 5.41) is 19.6. The zero-order valence-corrected chi connectivity index (χ0v) is 68.0. The Kier molecular flexibility index (Phi) is 14.5. The van der Waals surface area contributed by atoms with Gasteiger partial charge in [0, 0.05) is 159 Å².